The number of Topliss-reactive ketones (excluding diaryl/α,β-unsaturated/α-hetero) is 1. The van der Waals surface area contributed by atoms with E-state index in [0.29, 0.717) is 41.6 Å². The average molecular weight is 539 g/mol. The number of amides is 1. The molecule has 0 heterocycles. The molecule has 0 aromatic rings. The molecular weight excluding hydrogens is 487 g/mol. The van der Waals surface area contributed by atoms with Crippen molar-refractivity contribution in [2.75, 3.05) is 13.2 Å². The van der Waals surface area contributed by atoms with Crippen LogP contribution in [0.4, 0.5) is 4.39 Å². The highest BCUT2D eigenvalue weighted by Gasteiger charge is 2.67. The molecule has 1 amide bonds. The van der Waals surface area contributed by atoms with Crippen LogP contribution in [0.3, 0.4) is 0 Å². The van der Waals surface area contributed by atoms with Crippen molar-refractivity contribution < 1.29 is 14.0 Å². The molecule has 1 N–H and O–H groups in total. The standard InChI is InChI=1S/C34H51FN2O2/c1-21-16-26-32(6,10-9-25-31(4,5)29(39)22(20-36)17-33(25,26)7)23-8-11-34(19-27(38)37-15-14-35)13-12-30(2,3)18-24(34)28(21)23/h17,21,23-26,28H,8-16,18-19H2,1-7H3,(H,37,38). The monoisotopic (exact) mass is 538 g/mol. The van der Waals surface area contributed by atoms with Crippen molar-refractivity contribution in [1.29, 1.82) is 5.26 Å². The molecule has 0 aromatic carbocycles. The molecule has 5 heteroatoms. The summed E-state index contributed by atoms with van der Waals surface area (Å²) in [5, 5.41) is 12.8. The minimum Gasteiger partial charge on any atom is -0.353 e. The van der Waals surface area contributed by atoms with E-state index < -0.39 is 12.1 Å². The van der Waals surface area contributed by atoms with Crippen molar-refractivity contribution in [3.05, 3.63) is 11.6 Å². The summed E-state index contributed by atoms with van der Waals surface area (Å²) in [5.74, 6) is 2.94. The van der Waals surface area contributed by atoms with E-state index in [2.05, 4.69) is 65.9 Å². The van der Waals surface area contributed by atoms with Gasteiger partial charge in [0.15, 0.2) is 5.78 Å². The number of nitrogens with zero attached hydrogens (tertiary/aromatic N) is 1. The molecule has 4 nitrogen and oxygen atoms in total. The summed E-state index contributed by atoms with van der Waals surface area (Å²) in [7, 11) is 0. The molecule has 9 unspecified atom stereocenters. The van der Waals surface area contributed by atoms with Crippen LogP contribution in [-0.2, 0) is 9.59 Å². The van der Waals surface area contributed by atoms with Crippen molar-refractivity contribution in [2.24, 2.45) is 62.6 Å². The fourth-order valence-corrected chi connectivity index (χ4v) is 11.6. The molecule has 216 valence electrons. The Morgan fingerprint density at radius 3 is 2.44 bits per heavy atom. The minimum absolute atomic E-state index is 0.0166. The largest absolute Gasteiger partial charge is 0.353 e. The van der Waals surface area contributed by atoms with Gasteiger partial charge in [0, 0.05) is 18.4 Å². The van der Waals surface area contributed by atoms with Gasteiger partial charge in [-0.05, 0) is 109 Å². The fraction of sp³-hybridized carbons (Fsp3) is 0.853. The number of ketones is 1. The third kappa shape index (κ3) is 4.25. The second kappa shape index (κ2) is 9.42. The molecule has 39 heavy (non-hydrogen) atoms. The maximum absolute atomic E-state index is 13.3. The zero-order valence-corrected chi connectivity index (χ0v) is 25.5. The third-order valence-corrected chi connectivity index (χ3v) is 13.3. The molecule has 4 fully saturated rings. The number of fused-ring (bicyclic) bond motifs is 7. The molecule has 0 saturated heterocycles. The van der Waals surface area contributed by atoms with Gasteiger partial charge in [0.1, 0.15) is 12.7 Å². The number of carbonyl (C=O) groups is 2. The van der Waals surface area contributed by atoms with E-state index in [-0.39, 0.29) is 45.8 Å². The van der Waals surface area contributed by atoms with Crippen LogP contribution in [0, 0.1) is 73.9 Å². The van der Waals surface area contributed by atoms with Gasteiger partial charge in [0.25, 0.3) is 0 Å². The average Bonchev–Trinajstić information content (AvgIpc) is 2.86. The smallest absolute Gasteiger partial charge is 0.220 e. The van der Waals surface area contributed by atoms with Crippen LogP contribution in [0.25, 0.3) is 0 Å². The number of nitrogens with one attached hydrogen (secondary N) is 1. The highest BCUT2D eigenvalue weighted by atomic mass is 19.1. The number of alkyl halides is 1. The van der Waals surface area contributed by atoms with Crippen LogP contribution in [0.5, 0.6) is 0 Å². The zero-order chi connectivity index (χ0) is 28.6. The lowest BCUT2D eigenvalue weighted by Crippen LogP contribution is -2.64. The molecule has 9 atom stereocenters. The van der Waals surface area contributed by atoms with Gasteiger partial charge in [-0.2, -0.15) is 5.26 Å². The van der Waals surface area contributed by atoms with E-state index in [1.54, 1.807) is 0 Å². The highest BCUT2D eigenvalue weighted by molar-refractivity contribution is 6.04. The first-order chi connectivity index (χ1) is 18.1. The normalized spacial score (nSPS) is 45.9. The van der Waals surface area contributed by atoms with Crippen LogP contribution >= 0.6 is 0 Å². The van der Waals surface area contributed by atoms with E-state index >= 15 is 0 Å². The summed E-state index contributed by atoms with van der Waals surface area (Å²) >= 11 is 0. The van der Waals surface area contributed by atoms with Crippen molar-refractivity contribution in [2.45, 2.75) is 106 Å². The predicted molar refractivity (Wildman–Crippen MR) is 152 cm³/mol. The van der Waals surface area contributed by atoms with Gasteiger partial charge >= 0.3 is 0 Å². The van der Waals surface area contributed by atoms with E-state index in [0.717, 1.165) is 51.4 Å². The number of carbonyl (C=O) groups excluding carboxylic acids is 2. The number of hydrogen-bond acceptors (Lipinski definition) is 3. The lowest BCUT2D eigenvalue weighted by Gasteiger charge is -2.70. The summed E-state index contributed by atoms with van der Waals surface area (Å²) < 4.78 is 12.8. The summed E-state index contributed by atoms with van der Waals surface area (Å²) in [6.07, 6.45) is 11.6. The predicted octanol–water partition coefficient (Wildman–Crippen LogP) is 7.44. The summed E-state index contributed by atoms with van der Waals surface area (Å²) in [6, 6.07) is 2.28. The Balaban J connectivity index is 1.53. The van der Waals surface area contributed by atoms with E-state index in [1.807, 2.05) is 0 Å². The van der Waals surface area contributed by atoms with Crippen LogP contribution in [-0.4, -0.2) is 24.9 Å². The van der Waals surface area contributed by atoms with Gasteiger partial charge in [-0.1, -0.05) is 54.5 Å². The van der Waals surface area contributed by atoms with Crippen molar-refractivity contribution >= 4 is 11.7 Å². The third-order valence-electron chi connectivity index (χ3n) is 13.3. The van der Waals surface area contributed by atoms with Crippen molar-refractivity contribution in [3.8, 4) is 6.07 Å². The van der Waals surface area contributed by atoms with Crippen molar-refractivity contribution in [1.82, 2.24) is 5.32 Å². The molecule has 0 bridgehead atoms. The van der Waals surface area contributed by atoms with Crippen LogP contribution in [0.2, 0.25) is 0 Å². The van der Waals surface area contributed by atoms with Gasteiger partial charge in [-0.15, -0.1) is 0 Å². The Bertz CT molecular complexity index is 1100. The number of nitriles is 1. The Morgan fingerprint density at radius 1 is 1.05 bits per heavy atom. The fourth-order valence-electron chi connectivity index (χ4n) is 11.6. The van der Waals surface area contributed by atoms with Crippen LogP contribution < -0.4 is 5.32 Å². The first kappa shape index (κ1) is 28.8. The number of allylic oxidation sites excluding steroid dienone is 2. The maximum Gasteiger partial charge on any atom is 0.220 e. The molecule has 0 aromatic heterocycles. The van der Waals surface area contributed by atoms with Gasteiger partial charge in [-0.3, -0.25) is 9.59 Å². The first-order valence-electron chi connectivity index (χ1n) is 15.7. The molecule has 5 aliphatic carbocycles. The minimum atomic E-state index is -0.516. The van der Waals surface area contributed by atoms with E-state index in [9.17, 15) is 19.2 Å². The lowest BCUT2D eigenvalue weighted by atomic mass is 9.34. The Hall–Kier alpha value is -1.70. The van der Waals surface area contributed by atoms with Crippen molar-refractivity contribution in [3.63, 3.8) is 0 Å². The van der Waals surface area contributed by atoms with Crippen LogP contribution in [0.1, 0.15) is 106 Å². The van der Waals surface area contributed by atoms with E-state index in [1.165, 1.54) is 0 Å². The molecular formula is C34H51FN2O2. The molecule has 5 aliphatic rings. The SMILES string of the molecule is CC1CC2C3(C)C=C(C#N)C(=O)C(C)(C)C3CCC2(C)C2CCC3(CC(=O)NCCF)CCC(C)(C)CC3C12. The molecule has 0 aliphatic heterocycles. The lowest BCUT2D eigenvalue weighted by molar-refractivity contribution is -0.204. The van der Waals surface area contributed by atoms with Crippen LogP contribution in [0.15, 0.2) is 11.6 Å². The Kier molecular flexibility index (Phi) is 6.96. The zero-order valence-electron chi connectivity index (χ0n) is 25.5. The Labute approximate surface area is 235 Å². The van der Waals surface area contributed by atoms with E-state index in [4.69, 9.17) is 0 Å². The Morgan fingerprint density at radius 2 is 1.77 bits per heavy atom. The van der Waals surface area contributed by atoms with Gasteiger partial charge in [-0.25, -0.2) is 4.39 Å². The number of rotatable bonds is 4. The van der Waals surface area contributed by atoms with Gasteiger partial charge in [0.05, 0.1) is 5.57 Å². The summed E-state index contributed by atoms with van der Waals surface area (Å²) in [4.78, 5) is 26.3. The summed E-state index contributed by atoms with van der Waals surface area (Å²) in [5.41, 5.74) is 0.126. The topological polar surface area (TPSA) is 70.0 Å². The summed E-state index contributed by atoms with van der Waals surface area (Å²) in [6.45, 7) is 15.9. The second-order valence-corrected chi connectivity index (χ2v) is 16.2. The first-order valence-corrected chi connectivity index (χ1v) is 15.7. The second-order valence-electron chi connectivity index (χ2n) is 16.2. The number of halogens is 1. The molecule has 4 saturated carbocycles. The highest BCUT2D eigenvalue weighted by Crippen LogP contribution is 2.73. The van der Waals surface area contributed by atoms with Gasteiger partial charge < -0.3 is 5.32 Å². The molecule has 5 rings (SSSR count). The number of hydrogen-bond donors (Lipinski definition) is 1. The van der Waals surface area contributed by atoms with Gasteiger partial charge in [0.2, 0.25) is 5.91 Å². The molecule has 0 spiro atoms. The quantitative estimate of drug-likeness (QED) is 0.404. The maximum atomic E-state index is 13.3. The molecule has 0 radical (unpaired) electrons.